The van der Waals surface area contributed by atoms with Crippen LogP contribution in [0.15, 0.2) is 33.9 Å². The van der Waals surface area contributed by atoms with Gasteiger partial charge in [0.15, 0.2) is 0 Å². The van der Waals surface area contributed by atoms with E-state index in [0.717, 1.165) is 9.95 Å². The molecule has 0 bridgehead atoms. The number of benzene rings is 1. The van der Waals surface area contributed by atoms with Crippen LogP contribution in [0, 0.1) is 0 Å². The van der Waals surface area contributed by atoms with Crippen molar-refractivity contribution in [3.05, 3.63) is 45.1 Å². The Morgan fingerprint density at radius 1 is 1.10 bits per heavy atom. The van der Waals surface area contributed by atoms with Crippen molar-refractivity contribution < 1.29 is 4.74 Å². The highest BCUT2D eigenvalue weighted by atomic mass is 16.5. The first kappa shape index (κ1) is 12.4. The molecular weight excluding hydrogens is 258 g/mol. The van der Waals surface area contributed by atoms with E-state index in [1.807, 2.05) is 12.1 Å². The van der Waals surface area contributed by atoms with Gasteiger partial charge in [0.2, 0.25) is 0 Å². The van der Waals surface area contributed by atoms with Crippen LogP contribution >= 0.6 is 0 Å². The third-order valence-electron chi connectivity index (χ3n) is 3.43. The Morgan fingerprint density at radius 3 is 2.55 bits per heavy atom. The van der Waals surface area contributed by atoms with Gasteiger partial charge in [-0.3, -0.25) is 13.9 Å². The predicted molar refractivity (Wildman–Crippen MR) is 76.3 cm³/mol. The minimum absolute atomic E-state index is 0.340. The van der Waals surface area contributed by atoms with Crippen LogP contribution in [-0.4, -0.2) is 21.2 Å². The molecule has 20 heavy (non-hydrogen) atoms. The molecule has 0 fully saturated rings. The molecule has 102 valence electrons. The van der Waals surface area contributed by atoms with Crippen LogP contribution < -0.4 is 16.0 Å². The molecule has 0 atom stereocenters. The summed E-state index contributed by atoms with van der Waals surface area (Å²) in [5.74, 6) is 0.679. The van der Waals surface area contributed by atoms with Gasteiger partial charge < -0.3 is 4.74 Å². The second-order valence-corrected chi connectivity index (χ2v) is 4.62. The maximum atomic E-state index is 12.2. The summed E-state index contributed by atoms with van der Waals surface area (Å²) >= 11 is 0. The molecule has 0 aliphatic rings. The van der Waals surface area contributed by atoms with E-state index in [2.05, 4.69) is 4.98 Å². The number of ether oxygens (including phenoxy) is 1. The summed E-state index contributed by atoms with van der Waals surface area (Å²) in [5.41, 5.74) is 0.324. The smallest absolute Gasteiger partial charge is 0.332 e. The summed E-state index contributed by atoms with van der Waals surface area (Å²) in [6.07, 6.45) is 0. The van der Waals surface area contributed by atoms with Crippen molar-refractivity contribution in [1.29, 1.82) is 0 Å². The first-order valence-electron chi connectivity index (χ1n) is 6.07. The molecule has 3 rings (SSSR count). The molecule has 0 spiro atoms. The van der Waals surface area contributed by atoms with E-state index < -0.39 is 5.69 Å². The molecule has 0 saturated carbocycles. The van der Waals surface area contributed by atoms with Crippen LogP contribution in [0.5, 0.6) is 5.75 Å². The van der Waals surface area contributed by atoms with Crippen LogP contribution in [0.1, 0.15) is 0 Å². The van der Waals surface area contributed by atoms with Crippen LogP contribution in [-0.2, 0) is 14.1 Å². The standard InChI is InChI=1S/C14H13N3O3/c1-16-12-10(13(18)17(2)14(16)19)6-8-4-5-9(20-3)7-11(8)15-12/h4-7H,1-3H3. The van der Waals surface area contributed by atoms with Crippen LogP contribution in [0.4, 0.5) is 0 Å². The lowest BCUT2D eigenvalue weighted by Crippen LogP contribution is -2.37. The SMILES string of the molecule is COc1ccc2cc3c(=O)n(C)c(=O)n(C)c3nc2c1. The second kappa shape index (κ2) is 4.19. The molecule has 0 aliphatic heterocycles. The largest absolute Gasteiger partial charge is 0.497 e. The number of aryl methyl sites for hydroxylation is 1. The average molecular weight is 271 g/mol. The van der Waals surface area contributed by atoms with Gasteiger partial charge in [-0.2, -0.15) is 0 Å². The van der Waals surface area contributed by atoms with Gasteiger partial charge in [-0.25, -0.2) is 9.78 Å². The molecule has 0 saturated heterocycles. The first-order chi connectivity index (χ1) is 9.52. The fourth-order valence-corrected chi connectivity index (χ4v) is 2.26. The maximum Gasteiger partial charge on any atom is 0.332 e. The van der Waals surface area contributed by atoms with Gasteiger partial charge >= 0.3 is 5.69 Å². The Morgan fingerprint density at radius 2 is 1.85 bits per heavy atom. The van der Waals surface area contributed by atoms with Gasteiger partial charge in [-0.1, -0.05) is 0 Å². The molecule has 0 N–H and O–H groups in total. The normalized spacial score (nSPS) is 11.2. The topological polar surface area (TPSA) is 66.1 Å². The first-order valence-corrected chi connectivity index (χ1v) is 6.07. The number of hydrogen-bond donors (Lipinski definition) is 0. The maximum absolute atomic E-state index is 12.2. The van der Waals surface area contributed by atoms with E-state index in [1.165, 1.54) is 11.6 Å². The molecule has 1 aromatic carbocycles. The number of hydrogen-bond acceptors (Lipinski definition) is 4. The molecule has 0 amide bonds. The van der Waals surface area contributed by atoms with Crippen molar-refractivity contribution >= 4 is 21.9 Å². The number of methoxy groups -OCH3 is 1. The van der Waals surface area contributed by atoms with E-state index in [1.54, 1.807) is 26.3 Å². The number of aromatic nitrogens is 3. The second-order valence-electron chi connectivity index (χ2n) is 4.62. The Labute approximate surface area is 113 Å². The quantitative estimate of drug-likeness (QED) is 0.614. The molecule has 3 aromatic rings. The monoisotopic (exact) mass is 271 g/mol. The molecule has 2 aromatic heterocycles. The van der Waals surface area contributed by atoms with E-state index >= 15 is 0 Å². The van der Waals surface area contributed by atoms with Gasteiger partial charge in [-0.05, 0) is 18.2 Å². The number of pyridine rings is 1. The van der Waals surface area contributed by atoms with Crippen molar-refractivity contribution in [3.63, 3.8) is 0 Å². The zero-order valence-electron chi connectivity index (χ0n) is 11.4. The van der Waals surface area contributed by atoms with Gasteiger partial charge in [0.05, 0.1) is 18.0 Å². The Hall–Kier alpha value is -2.63. The van der Waals surface area contributed by atoms with E-state index in [9.17, 15) is 9.59 Å². The van der Waals surface area contributed by atoms with Crippen LogP contribution in [0.2, 0.25) is 0 Å². The van der Waals surface area contributed by atoms with Crippen molar-refractivity contribution in [1.82, 2.24) is 14.1 Å². The van der Waals surface area contributed by atoms with Crippen molar-refractivity contribution in [2.45, 2.75) is 0 Å². The molecule has 0 radical (unpaired) electrons. The Kier molecular flexibility index (Phi) is 2.60. The van der Waals surface area contributed by atoms with Crippen molar-refractivity contribution in [3.8, 4) is 5.75 Å². The fraction of sp³-hybridized carbons (Fsp3) is 0.214. The lowest BCUT2D eigenvalue weighted by atomic mass is 10.2. The number of rotatable bonds is 1. The molecule has 2 heterocycles. The summed E-state index contributed by atoms with van der Waals surface area (Å²) in [4.78, 5) is 28.5. The molecule has 6 heteroatoms. The number of nitrogens with zero attached hydrogens (tertiary/aromatic N) is 3. The zero-order valence-corrected chi connectivity index (χ0v) is 11.4. The van der Waals surface area contributed by atoms with Gasteiger partial charge in [0.25, 0.3) is 5.56 Å². The summed E-state index contributed by atoms with van der Waals surface area (Å²) in [7, 11) is 4.64. The zero-order chi connectivity index (χ0) is 14.4. The van der Waals surface area contributed by atoms with E-state index in [4.69, 9.17) is 4.74 Å². The average Bonchev–Trinajstić information content (AvgIpc) is 2.48. The minimum atomic E-state index is -0.391. The number of fused-ring (bicyclic) bond motifs is 2. The summed E-state index contributed by atoms with van der Waals surface area (Å²) < 4.78 is 7.61. The summed E-state index contributed by atoms with van der Waals surface area (Å²) in [6.45, 7) is 0. The molecular formula is C14H13N3O3. The fourth-order valence-electron chi connectivity index (χ4n) is 2.26. The van der Waals surface area contributed by atoms with E-state index in [-0.39, 0.29) is 5.56 Å². The van der Waals surface area contributed by atoms with Crippen molar-refractivity contribution in [2.24, 2.45) is 14.1 Å². The lowest BCUT2D eigenvalue weighted by Gasteiger charge is -2.08. The van der Waals surface area contributed by atoms with Gasteiger partial charge in [0, 0.05) is 25.5 Å². The third kappa shape index (κ3) is 1.61. The Balaban J connectivity index is 2.54. The molecule has 6 nitrogen and oxygen atoms in total. The van der Waals surface area contributed by atoms with Crippen LogP contribution in [0.3, 0.4) is 0 Å². The molecule has 0 aliphatic carbocycles. The van der Waals surface area contributed by atoms with Crippen molar-refractivity contribution in [2.75, 3.05) is 7.11 Å². The summed E-state index contributed by atoms with van der Waals surface area (Å²) in [5, 5.41) is 1.25. The van der Waals surface area contributed by atoms with Gasteiger partial charge in [0.1, 0.15) is 11.4 Å². The Bertz CT molecular complexity index is 954. The lowest BCUT2D eigenvalue weighted by molar-refractivity contribution is 0.415. The highest BCUT2D eigenvalue weighted by Gasteiger charge is 2.11. The molecule has 0 unspecified atom stereocenters. The highest BCUT2D eigenvalue weighted by Crippen LogP contribution is 2.21. The predicted octanol–water partition coefficient (Wildman–Crippen LogP) is 0.794. The summed E-state index contributed by atoms with van der Waals surface area (Å²) in [6, 6.07) is 7.17. The minimum Gasteiger partial charge on any atom is -0.497 e. The van der Waals surface area contributed by atoms with E-state index in [0.29, 0.717) is 22.3 Å². The highest BCUT2D eigenvalue weighted by molar-refractivity contribution is 5.91. The van der Waals surface area contributed by atoms with Gasteiger partial charge in [-0.15, -0.1) is 0 Å². The van der Waals surface area contributed by atoms with Crippen LogP contribution in [0.25, 0.3) is 21.9 Å². The third-order valence-corrected chi connectivity index (χ3v) is 3.43.